The van der Waals surface area contributed by atoms with Gasteiger partial charge in [0.15, 0.2) is 0 Å². The molecule has 0 unspecified atom stereocenters. The summed E-state index contributed by atoms with van der Waals surface area (Å²) in [5.74, 6) is -0.0822. The second kappa shape index (κ2) is 6.40. The lowest BCUT2D eigenvalue weighted by Gasteiger charge is -2.10. The third-order valence-corrected chi connectivity index (χ3v) is 4.05. The molecule has 1 rings (SSSR count). The number of rotatable bonds is 6. The van der Waals surface area contributed by atoms with Crippen LogP contribution in [0.5, 0.6) is 0 Å². The van der Waals surface area contributed by atoms with E-state index in [4.69, 9.17) is 10.5 Å². The van der Waals surface area contributed by atoms with Gasteiger partial charge >= 0.3 is 0 Å². The molecule has 0 aromatic heterocycles. The van der Waals surface area contributed by atoms with Gasteiger partial charge in [-0.05, 0) is 48.0 Å². The van der Waals surface area contributed by atoms with Crippen molar-refractivity contribution >= 4 is 37.3 Å². The van der Waals surface area contributed by atoms with Gasteiger partial charge in [0, 0.05) is 10.2 Å². The molecule has 0 aliphatic heterocycles. The number of halogens is 1. The number of ether oxygens (including phenoxy) is 1. The molecule has 0 heterocycles. The van der Waals surface area contributed by atoms with Gasteiger partial charge in [0.1, 0.15) is 0 Å². The van der Waals surface area contributed by atoms with E-state index < -0.39 is 10.0 Å². The smallest absolute Gasteiger partial charge is 0.235 e. The zero-order chi connectivity index (χ0) is 13.8. The molecule has 0 radical (unpaired) electrons. The predicted octanol–water partition coefficient (Wildman–Crippen LogP) is 2.20. The Kier molecular flexibility index (Phi) is 5.43. The first-order valence-electron chi connectivity index (χ1n) is 5.47. The zero-order valence-electron chi connectivity index (χ0n) is 10.3. The van der Waals surface area contributed by atoms with Crippen molar-refractivity contribution in [1.82, 2.24) is 0 Å². The Balaban J connectivity index is 2.62. The van der Waals surface area contributed by atoms with Crippen LogP contribution in [-0.2, 0) is 14.8 Å². The highest BCUT2D eigenvalue weighted by Gasteiger charge is 2.11. The number of benzene rings is 1. The van der Waals surface area contributed by atoms with Gasteiger partial charge in [-0.25, -0.2) is 8.42 Å². The summed E-state index contributed by atoms with van der Waals surface area (Å²) in [6, 6.07) is 4.89. The van der Waals surface area contributed by atoms with E-state index in [-0.39, 0.29) is 18.5 Å². The lowest BCUT2D eigenvalue weighted by atomic mass is 10.3. The van der Waals surface area contributed by atoms with Gasteiger partial charge in [-0.1, -0.05) is 0 Å². The molecule has 0 amide bonds. The zero-order valence-corrected chi connectivity index (χ0v) is 12.7. The Morgan fingerprint density at radius 2 is 2.11 bits per heavy atom. The minimum absolute atomic E-state index is 0.0172. The summed E-state index contributed by atoms with van der Waals surface area (Å²) in [7, 11) is -3.41. The van der Waals surface area contributed by atoms with Gasteiger partial charge < -0.3 is 10.5 Å². The predicted molar refractivity (Wildman–Crippen MR) is 77.1 cm³/mol. The monoisotopic (exact) mass is 336 g/mol. The molecular weight excluding hydrogens is 320 g/mol. The normalized spacial score (nSPS) is 11.8. The maximum Gasteiger partial charge on any atom is 0.235 e. The van der Waals surface area contributed by atoms with Crippen LogP contribution >= 0.6 is 15.9 Å². The van der Waals surface area contributed by atoms with Crippen molar-refractivity contribution in [2.45, 2.75) is 20.0 Å². The van der Waals surface area contributed by atoms with Gasteiger partial charge in [-0.2, -0.15) is 0 Å². The SMILES string of the molecule is CC(C)OCCS(=O)(=O)Nc1ccc(Br)c(N)c1. The van der Waals surface area contributed by atoms with Gasteiger partial charge in [0.25, 0.3) is 0 Å². The Labute approximate surface area is 116 Å². The van der Waals surface area contributed by atoms with Crippen molar-refractivity contribution in [3.05, 3.63) is 22.7 Å². The molecule has 18 heavy (non-hydrogen) atoms. The molecule has 3 N–H and O–H groups in total. The number of nitrogens with one attached hydrogen (secondary N) is 1. The summed E-state index contributed by atoms with van der Waals surface area (Å²) in [6.07, 6.45) is 0.0172. The minimum Gasteiger partial charge on any atom is -0.398 e. The van der Waals surface area contributed by atoms with Crippen LogP contribution < -0.4 is 10.5 Å². The molecule has 5 nitrogen and oxygen atoms in total. The van der Waals surface area contributed by atoms with E-state index >= 15 is 0 Å². The highest BCUT2D eigenvalue weighted by molar-refractivity contribution is 9.10. The molecule has 102 valence electrons. The number of hydrogen-bond acceptors (Lipinski definition) is 4. The van der Waals surface area contributed by atoms with Crippen molar-refractivity contribution in [3.8, 4) is 0 Å². The summed E-state index contributed by atoms with van der Waals surface area (Å²) in [6.45, 7) is 3.88. The van der Waals surface area contributed by atoms with E-state index in [1.165, 1.54) is 0 Å². The van der Waals surface area contributed by atoms with Crippen LogP contribution in [0.25, 0.3) is 0 Å². The number of anilines is 2. The van der Waals surface area contributed by atoms with Gasteiger partial charge in [-0.3, -0.25) is 4.72 Å². The first kappa shape index (κ1) is 15.3. The summed E-state index contributed by atoms with van der Waals surface area (Å²) in [5, 5.41) is 0. The van der Waals surface area contributed by atoms with Crippen LogP contribution in [0.15, 0.2) is 22.7 Å². The first-order valence-corrected chi connectivity index (χ1v) is 7.92. The highest BCUT2D eigenvalue weighted by atomic mass is 79.9. The van der Waals surface area contributed by atoms with Crippen molar-refractivity contribution in [2.75, 3.05) is 22.8 Å². The second-order valence-electron chi connectivity index (χ2n) is 4.08. The summed E-state index contributed by atoms with van der Waals surface area (Å²) in [5.41, 5.74) is 6.60. The van der Waals surface area contributed by atoms with Gasteiger partial charge in [0.2, 0.25) is 10.0 Å². The third kappa shape index (κ3) is 5.24. The summed E-state index contributed by atoms with van der Waals surface area (Å²) < 4.78 is 31.9. The maximum absolute atomic E-state index is 11.7. The average molecular weight is 337 g/mol. The fourth-order valence-corrected chi connectivity index (χ4v) is 2.38. The Morgan fingerprint density at radius 1 is 1.44 bits per heavy atom. The lowest BCUT2D eigenvalue weighted by molar-refractivity contribution is 0.0913. The molecule has 1 aromatic rings. The van der Waals surface area contributed by atoms with E-state index in [0.29, 0.717) is 11.4 Å². The van der Waals surface area contributed by atoms with Crippen LogP contribution in [0.4, 0.5) is 11.4 Å². The largest absolute Gasteiger partial charge is 0.398 e. The van der Waals surface area contributed by atoms with E-state index in [0.717, 1.165) is 4.47 Å². The first-order chi connectivity index (χ1) is 8.30. The number of nitrogens with two attached hydrogens (primary N) is 1. The average Bonchev–Trinajstić information content (AvgIpc) is 2.22. The second-order valence-corrected chi connectivity index (χ2v) is 6.77. The summed E-state index contributed by atoms with van der Waals surface area (Å²) >= 11 is 3.24. The lowest BCUT2D eigenvalue weighted by Crippen LogP contribution is -2.21. The van der Waals surface area contributed by atoms with Crippen molar-refractivity contribution in [3.63, 3.8) is 0 Å². The van der Waals surface area contributed by atoms with E-state index in [9.17, 15) is 8.42 Å². The van der Waals surface area contributed by atoms with Crippen LogP contribution in [0.1, 0.15) is 13.8 Å². The van der Waals surface area contributed by atoms with Gasteiger partial charge in [-0.15, -0.1) is 0 Å². The van der Waals surface area contributed by atoms with E-state index in [1.807, 2.05) is 13.8 Å². The fourth-order valence-electron chi connectivity index (χ4n) is 1.23. The molecule has 1 aromatic carbocycles. The van der Waals surface area contributed by atoms with E-state index in [1.54, 1.807) is 18.2 Å². The van der Waals surface area contributed by atoms with Gasteiger partial charge in [0.05, 0.1) is 24.2 Å². The number of hydrogen-bond donors (Lipinski definition) is 2. The summed E-state index contributed by atoms with van der Waals surface area (Å²) in [4.78, 5) is 0. The van der Waals surface area contributed by atoms with Crippen LogP contribution in [0.2, 0.25) is 0 Å². The molecule has 0 aliphatic rings. The van der Waals surface area contributed by atoms with Crippen molar-refractivity contribution in [2.24, 2.45) is 0 Å². The van der Waals surface area contributed by atoms with Crippen LogP contribution in [-0.4, -0.2) is 26.9 Å². The molecule has 0 fully saturated rings. The Bertz CT molecular complexity index is 503. The Hall–Kier alpha value is -0.790. The van der Waals surface area contributed by atoms with Crippen molar-refractivity contribution in [1.29, 1.82) is 0 Å². The molecule has 0 bridgehead atoms. The molecule has 7 heteroatoms. The molecule has 0 spiro atoms. The minimum atomic E-state index is -3.41. The third-order valence-electron chi connectivity index (χ3n) is 2.07. The maximum atomic E-state index is 11.7. The topological polar surface area (TPSA) is 81.4 Å². The standard InChI is InChI=1S/C11H17BrN2O3S/c1-8(2)17-5-6-18(15,16)14-9-3-4-10(12)11(13)7-9/h3-4,7-8,14H,5-6,13H2,1-2H3. The fraction of sp³-hybridized carbons (Fsp3) is 0.455. The Morgan fingerprint density at radius 3 is 2.67 bits per heavy atom. The number of nitrogen functional groups attached to an aromatic ring is 1. The van der Waals surface area contributed by atoms with Crippen LogP contribution in [0, 0.1) is 0 Å². The highest BCUT2D eigenvalue weighted by Crippen LogP contribution is 2.23. The van der Waals surface area contributed by atoms with E-state index in [2.05, 4.69) is 20.7 Å². The molecular formula is C11H17BrN2O3S. The molecule has 0 saturated carbocycles. The van der Waals surface area contributed by atoms with Crippen molar-refractivity contribution < 1.29 is 13.2 Å². The molecule has 0 atom stereocenters. The number of sulfonamides is 1. The molecule has 0 saturated heterocycles. The quantitative estimate of drug-likeness (QED) is 0.780. The van der Waals surface area contributed by atoms with Crippen LogP contribution in [0.3, 0.4) is 0 Å². The molecule has 0 aliphatic carbocycles.